The lowest BCUT2D eigenvalue weighted by Crippen LogP contribution is -1.87. The maximum Gasteiger partial charge on any atom is 0.145 e. The van der Waals surface area contributed by atoms with Crippen LogP contribution < -0.4 is 0 Å². The van der Waals surface area contributed by atoms with E-state index in [9.17, 15) is 0 Å². The van der Waals surface area contributed by atoms with Crippen molar-refractivity contribution in [1.82, 2.24) is 4.98 Å². The minimum absolute atomic E-state index is 0.910. The van der Waals surface area contributed by atoms with E-state index in [4.69, 9.17) is 9.40 Å². The fraction of sp³-hybridized carbons (Fsp3) is 0.0385. The zero-order valence-electron chi connectivity index (χ0n) is 15.4. The van der Waals surface area contributed by atoms with Gasteiger partial charge < -0.3 is 4.42 Å². The molecule has 132 valence electrons. The van der Waals surface area contributed by atoms with Crippen molar-refractivity contribution in [2.75, 3.05) is 0 Å². The van der Waals surface area contributed by atoms with Crippen molar-refractivity contribution >= 4 is 43.5 Å². The molecule has 6 rings (SSSR count). The zero-order valence-corrected chi connectivity index (χ0v) is 15.4. The molecule has 2 heterocycles. The van der Waals surface area contributed by atoms with E-state index < -0.39 is 0 Å². The van der Waals surface area contributed by atoms with Gasteiger partial charge in [0, 0.05) is 27.9 Å². The Morgan fingerprint density at radius 1 is 0.714 bits per heavy atom. The predicted octanol–water partition coefficient (Wildman–Crippen LogP) is 7.26. The van der Waals surface area contributed by atoms with Gasteiger partial charge in [-0.15, -0.1) is 0 Å². The van der Waals surface area contributed by atoms with Gasteiger partial charge in [-0.1, -0.05) is 60.7 Å². The molecule has 0 unspecified atom stereocenters. The Morgan fingerprint density at radius 3 is 2.43 bits per heavy atom. The van der Waals surface area contributed by atoms with E-state index in [1.165, 1.54) is 27.1 Å². The maximum absolute atomic E-state index is 6.28. The van der Waals surface area contributed by atoms with Crippen molar-refractivity contribution < 1.29 is 4.42 Å². The van der Waals surface area contributed by atoms with Gasteiger partial charge in [0.1, 0.15) is 11.2 Å². The third-order valence-corrected chi connectivity index (χ3v) is 5.64. The number of aryl methyl sites for hydroxylation is 1. The average Bonchev–Trinajstić information content (AvgIpc) is 3.14. The molecule has 0 N–H and O–H groups in total. The van der Waals surface area contributed by atoms with Gasteiger partial charge in [0.15, 0.2) is 0 Å². The van der Waals surface area contributed by atoms with E-state index in [1.807, 2.05) is 18.3 Å². The molecule has 0 atom stereocenters. The lowest BCUT2D eigenvalue weighted by molar-refractivity contribution is 0.669. The van der Waals surface area contributed by atoms with Gasteiger partial charge in [0.25, 0.3) is 0 Å². The van der Waals surface area contributed by atoms with Crippen molar-refractivity contribution in [2.45, 2.75) is 6.92 Å². The van der Waals surface area contributed by atoms with E-state index in [0.29, 0.717) is 0 Å². The van der Waals surface area contributed by atoms with Gasteiger partial charge in [-0.3, -0.25) is 4.98 Å². The van der Waals surface area contributed by atoms with E-state index >= 15 is 0 Å². The molecule has 6 aromatic rings. The van der Waals surface area contributed by atoms with Crippen molar-refractivity contribution in [3.05, 3.63) is 90.6 Å². The highest BCUT2D eigenvalue weighted by Gasteiger charge is 2.15. The molecular formula is C26H17NO. The Kier molecular flexibility index (Phi) is 3.12. The van der Waals surface area contributed by atoms with Crippen LogP contribution in [0.1, 0.15) is 5.56 Å². The SMILES string of the molecule is Cc1ccc(-c2cc3c(ccc4ccccc43)cn2)c2oc3ccccc3c12. The summed E-state index contributed by atoms with van der Waals surface area (Å²) in [7, 11) is 0. The lowest BCUT2D eigenvalue weighted by Gasteiger charge is -2.08. The first-order valence-electron chi connectivity index (χ1n) is 9.48. The lowest BCUT2D eigenvalue weighted by atomic mass is 9.99. The van der Waals surface area contributed by atoms with Crippen LogP contribution in [0.15, 0.2) is 89.5 Å². The number of benzene rings is 4. The summed E-state index contributed by atoms with van der Waals surface area (Å²) in [5.41, 5.74) is 5.02. The Hall–Kier alpha value is -3.65. The van der Waals surface area contributed by atoms with Crippen LogP contribution in [0.25, 0.3) is 54.7 Å². The molecule has 0 fully saturated rings. The number of nitrogens with zero attached hydrogens (tertiary/aromatic N) is 1. The van der Waals surface area contributed by atoms with Gasteiger partial charge in [-0.2, -0.15) is 0 Å². The molecule has 2 nitrogen and oxygen atoms in total. The largest absolute Gasteiger partial charge is 0.455 e. The minimum atomic E-state index is 0.910. The zero-order chi connectivity index (χ0) is 18.7. The number of para-hydroxylation sites is 1. The van der Waals surface area contributed by atoms with Crippen LogP contribution in [-0.2, 0) is 0 Å². The first-order valence-corrected chi connectivity index (χ1v) is 9.48. The van der Waals surface area contributed by atoms with Crippen molar-refractivity contribution in [3.63, 3.8) is 0 Å². The molecule has 28 heavy (non-hydrogen) atoms. The average molecular weight is 359 g/mol. The number of aromatic nitrogens is 1. The van der Waals surface area contributed by atoms with Gasteiger partial charge in [-0.05, 0) is 46.8 Å². The Labute approximate surface area is 162 Å². The van der Waals surface area contributed by atoms with Crippen LogP contribution in [0.2, 0.25) is 0 Å². The van der Waals surface area contributed by atoms with Gasteiger partial charge in [0.2, 0.25) is 0 Å². The van der Waals surface area contributed by atoms with Crippen LogP contribution in [0.4, 0.5) is 0 Å². The summed E-state index contributed by atoms with van der Waals surface area (Å²) in [5.74, 6) is 0. The monoisotopic (exact) mass is 359 g/mol. The van der Waals surface area contributed by atoms with Crippen molar-refractivity contribution in [3.8, 4) is 11.3 Å². The maximum atomic E-state index is 6.28. The second kappa shape index (κ2) is 5.67. The number of furan rings is 1. The predicted molar refractivity (Wildman–Crippen MR) is 117 cm³/mol. The Balaban J connectivity index is 1.70. The quantitative estimate of drug-likeness (QED) is 0.289. The number of pyridine rings is 1. The number of hydrogen-bond acceptors (Lipinski definition) is 2. The second-order valence-corrected chi connectivity index (χ2v) is 7.31. The topological polar surface area (TPSA) is 26.0 Å². The Morgan fingerprint density at radius 2 is 1.50 bits per heavy atom. The summed E-state index contributed by atoms with van der Waals surface area (Å²) in [6, 6.07) is 27.5. The van der Waals surface area contributed by atoms with Gasteiger partial charge in [0.05, 0.1) is 5.69 Å². The van der Waals surface area contributed by atoms with Crippen LogP contribution >= 0.6 is 0 Å². The second-order valence-electron chi connectivity index (χ2n) is 7.31. The molecule has 4 aromatic carbocycles. The number of fused-ring (bicyclic) bond motifs is 6. The fourth-order valence-corrected chi connectivity index (χ4v) is 4.24. The summed E-state index contributed by atoms with van der Waals surface area (Å²) < 4.78 is 6.28. The molecule has 0 bridgehead atoms. The van der Waals surface area contributed by atoms with Crippen molar-refractivity contribution in [1.29, 1.82) is 0 Å². The van der Waals surface area contributed by atoms with Crippen molar-refractivity contribution in [2.24, 2.45) is 0 Å². The Bertz CT molecular complexity index is 1520. The molecule has 0 aliphatic heterocycles. The van der Waals surface area contributed by atoms with Crippen LogP contribution in [-0.4, -0.2) is 4.98 Å². The fourth-order valence-electron chi connectivity index (χ4n) is 4.24. The number of rotatable bonds is 1. The molecule has 0 spiro atoms. The number of hydrogen-bond donors (Lipinski definition) is 0. The third kappa shape index (κ3) is 2.12. The summed E-state index contributed by atoms with van der Waals surface area (Å²) >= 11 is 0. The first kappa shape index (κ1) is 15.4. The first-order chi connectivity index (χ1) is 13.8. The summed E-state index contributed by atoms with van der Waals surface area (Å²) in [6.07, 6.45) is 1.96. The van der Waals surface area contributed by atoms with E-state index in [1.54, 1.807) is 0 Å². The minimum Gasteiger partial charge on any atom is -0.455 e. The highest BCUT2D eigenvalue weighted by atomic mass is 16.3. The van der Waals surface area contributed by atoms with E-state index in [0.717, 1.165) is 33.2 Å². The normalized spacial score (nSPS) is 11.8. The summed E-state index contributed by atoms with van der Waals surface area (Å²) in [5, 5.41) is 7.18. The molecule has 2 aromatic heterocycles. The molecule has 0 aliphatic carbocycles. The molecule has 0 radical (unpaired) electrons. The highest BCUT2D eigenvalue weighted by molar-refractivity contribution is 6.12. The third-order valence-electron chi connectivity index (χ3n) is 5.64. The standard InChI is InChI=1S/C26H17NO/c1-16-10-13-20(26-25(16)21-8-4-5-9-24(21)28-26)23-14-22-18(15-27-23)12-11-17-6-2-3-7-19(17)22/h2-15H,1H3. The summed E-state index contributed by atoms with van der Waals surface area (Å²) in [6.45, 7) is 2.13. The molecule has 0 saturated carbocycles. The highest BCUT2D eigenvalue weighted by Crippen LogP contribution is 2.38. The molecule has 0 saturated heterocycles. The van der Waals surface area contributed by atoms with Crippen LogP contribution in [0.5, 0.6) is 0 Å². The summed E-state index contributed by atoms with van der Waals surface area (Å²) in [4.78, 5) is 4.77. The molecule has 0 aliphatic rings. The van der Waals surface area contributed by atoms with Gasteiger partial charge >= 0.3 is 0 Å². The van der Waals surface area contributed by atoms with Crippen LogP contribution in [0.3, 0.4) is 0 Å². The molecule has 2 heteroatoms. The van der Waals surface area contributed by atoms with Crippen LogP contribution in [0, 0.1) is 6.92 Å². The molecular weight excluding hydrogens is 342 g/mol. The van der Waals surface area contributed by atoms with Gasteiger partial charge in [-0.25, -0.2) is 0 Å². The smallest absolute Gasteiger partial charge is 0.145 e. The van der Waals surface area contributed by atoms with E-state index in [-0.39, 0.29) is 0 Å². The van der Waals surface area contributed by atoms with E-state index in [2.05, 4.69) is 73.7 Å². The molecule has 0 amide bonds.